The van der Waals surface area contributed by atoms with Crippen LogP contribution >= 0.6 is 0 Å². The van der Waals surface area contributed by atoms with Crippen molar-refractivity contribution in [1.29, 1.82) is 0 Å². The molecule has 0 radical (unpaired) electrons. The summed E-state index contributed by atoms with van der Waals surface area (Å²) in [5, 5.41) is 0. The molecule has 4 nitrogen and oxygen atoms in total. The molecule has 1 aromatic carbocycles. The van der Waals surface area contributed by atoms with Gasteiger partial charge in [-0.2, -0.15) is 0 Å². The molecule has 118 valence electrons. The van der Waals surface area contributed by atoms with Crippen molar-refractivity contribution >= 4 is 8.32 Å². The Labute approximate surface area is 128 Å². The molecule has 1 fully saturated rings. The maximum Gasteiger partial charge on any atom is 0.219 e. The normalized spacial score (nSPS) is 28.0. The van der Waals surface area contributed by atoms with E-state index in [1.165, 1.54) is 0 Å². The van der Waals surface area contributed by atoms with E-state index in [1.807, 2.05) is 38.1 Å². The van der Waals surface area contributed by atoms with Crippen LogP contribution in [0.3, 0.4) is 0 Å². The van der Waals surface area contributed by atoms with E-state index in [2.05, 4.69) is 19.6 Å². The van der Waals surface area contributed by atoms with Crippen LogP contribution < -0.4 is 4.74 Å². The maximum atomic E-state index is 6.41. The second-order valence-corrected chi connectivity index (χ2v) is 11.3. The lowest BCUT2D eigenvalue weighted by molar-refractivity contribution is -0.427. The molecular formula is C16H26O4Si. The van der Waals surface area contributed by atoms with Gasteiger partial charge < -0.3 is 18.6 Å². The first-order valence-corrected chi connectivity index (χ1v) is 10.6. The first kappa shape index (κ1) is 16.5. The Kier molecular flexibility index (Phi) is 4.23. The van der Waals surface area contributed by atoms with Gasteiger partial charge in [-0.25, -0.2) is 0 Å². The Bertz CT molecular complexity index is 492. The molecule has 1 heterocycles. The number of ether oxygens (including phenoxy) is 3. The number of rotatable bonds is 5. The first-order chi connectivity index (χ1) is 9.65. The maximum absolute atomic E-state index is 6.41. The summed E-state index contributed by atoms with van der Waals surface area (Å²) in [5.74, 6) is 0.0814. The Morgan fingerprint density at radius 2 is 1.62 bits per heavy atom. The van der Waals surface area contributed by atoms with Gasteiger partial charge in [-0.15, -0.1) is 0 Å². The monoisotopic (exact) mass is 310 g/mol. The Balaban J connectivity index is 2.34. The van der Waals surface area contributed by atoms with Crippen molar-refractivity contribution in [3.8, 4) is 5.75 Å². The molecule has 0 N–H and O–H groups in total. The zero-order valence-corrected chi connectivity index (χ0v) is 15.0. The summed E-state index contributed by atoms with van der Waals surface area (Å²) < 4.78 is 23.5. The zero-order valence-electron chi connectivity index (χ0n) is 14.0. The van der Waals surface area contributed by atoms with E-state index in [0.29, 0.717) is 0 Å². The average Bonchev–Trinajstić information content (AvgIpc) is 2.41. The van der Waals surface area contributed by atoms with Crippen molar-refractivity contribution < 1.29 is 18.6 Å². The van der Waals surface area contributed by atoms with Crippen LogP contribution in [0.5, 0.6) is 5.75 Å². The minimum atomic E-state index is -1.79. The predicted molar refractivity (Wildman–Crippen MR) is 85.1 cm³/mol. The first-order valence-electron chi connectivity index (χ1n) is 7.22. The van der Waals surface area contributed by atoms with Crippen LogP contribution in [0.1, 0.15) is 25.5 Å². The summed E-state index contributed by atoms with van der Waals surface area (Å²) >= 11 is 0. The molecule has 0 aromatic heterocycles. The van der Waals surface area contributed by atoms with E-state index in [1.54, 1.807) is 14.2 Å². The highest BCUT2D eigenvalue weighted by atomic mass is 28.4. The number of benzene rings is 1. The van der Waals surface area contributed by atoms with Crippen LogP contribution in [-0.4, -0.2) is 33.9 Å². The smallest absolute Gasteiger partial charge is 0.219 e. The summed E-state index contributed by atoms with van der Waals surface area (Å²) in [6.07, 6.45) is -0.227. The fourth-order valence-electron chi connectivity index (χ4n) is 2.80. The number of methoxy groups -OCH3 is 2. The molecule has 21 heavy (non-hydrogen) atoms. The fourth-order valence-corrected chi connectivity index (χ4v) is 4.15. The lowest BCUT2D eigenvalue weighted by Crippen LogP contribution is -2.71. The second kappa shape index (κ2) is 5.39. The highest BCUT2D eigenvalue weighted by Crippen LogP contribution is 2.55. The van der Waals surface area contributed by atoms with E-state index < -0.39 is 19.7 Å². The van der Waals surface area contributed by atoms with Gasteiger partial charge in [0, 0.05) is 7.11 Å². The summed E-state index contributed by atoms with van der Waals surface area (Å²) in [7, 11) is 1.56. The van der Waals surface area contributed by atoms with Gasteiger partial charge in [-0.1, -0.05) is 12.1 Å². The number of hydrogen-bond acceptors (Lipinski definition) is 4. The molecule has 1 saturated heterocycles. The minimum absolute atomic E-state index is 0.227. The Morgan fingerprint density at radius 1 is 1.05 bits per heavy atom. The van der Waals surface area contributed by atoms with Gasteiger partial charge in [0.05, 0.1) is 7.11 Å². The van der Waals surface area contributed by atoms with Gasteiger partial charge in [-0.3, -0.25) is 0 Å². The molecule has 2 atom stereocenters. The van der Waals surface area contributed by atoms with Crippen molar-refractivity contribution in [2.45, 2.75) is 51.0 Å². The van der Waals surface area contributed by atoms with Gasteiger partial charge in [0.2, 0.25) is 5.79 Å². The van der Waals surface area contributed by atoms with Crippen molar-refractivity contribution in [3.63, 3.8) is 0 Å². The van der Waals surface area contributed by atoms with Gasteiger partial charge in [0.25, 0.3) is 0 Å². The fraction of sp³-hybridized carbons (Fsp3) is 0.625. The van der Waals surface area contributed by atoms with Crippen molar-refractivity contribution in [3.05, 3.63) is 29.8 Å². The largest absolute Gasteiger partial charge is 0.497 e. The van der Waals surface area contributed by atoms with E-state index in [9.17, 15) is 0 Å². The van der Waals surface area contributed by atoms with E-state index >= 15 is 0 Å². The zero-order chi connectivity index (χ0) is 15.9. The molecule has 0 aliphatic carbocycles. The Hall–Kier alpha value is -0.883. The SMILES string of the molecule is COc1ccc(C2OC(C)(C)C2(OC)O[Si](C)(C)C)cc1. The Morgan fingerprint density at radius 3 is 2.00 bits per heavy atom. The topological polar surface area (TPSA) is 36.9 Å². The van der Waals surface area contributed by atoms with E-state index in [-0.39, 0.29) is 6.10 Å². The van der Waals surface area contributed by atoms with Gasteiger partial charge in [-0.05, 0) is 51.2 Å². The molecule has 5 heteroatoms. The molecule has 1 aliphatic heterocycles. The lowest BCUT2D eigenvalue weighted by atomic mass is 9.81. The van der Waals surface area contributed by atoms with E-state index in [0.717, 1.165) is 11.3 Å². The quantitative estimate of drug-likeness (QED) is 0.613. The van der Waals surface area contributed by atoms with Crippen molar-refractivity contribution in [2.75, 3.05) is 14.2 Å². The van der Waals surface area contributed by atoms with Crippen LogP contribution in [-0.2, 0) is 13.9 Å². The van der Waals surface area contributed by atoms with Crippen molar-refractivity contribution in [1.82, 2.24) is 0 Å². The molecule has 0 amide bonds. The molecule has 1 aliphatic rings. The summed E-state index contributed by atoms with van der Waals surface area (Å²) in [4.78, 5) is 0. The third-order valence-electron chi connectivity index (χ3n) is 3.78. The second-order valence-electron chi connectivity index (χ2n) is 6.87. The third-order valence-corrected chi connectivity index (χ3v) is 4.69. The van der Waals surface area contributed by atoms with Crippen molar-refractivity contribution in [2.24, 2.45) is 0 Å². The lowest BCUT2D eigenvalue weighted by Gasteiger charge is -2.61. The molecule has 1 aromatic rings. The minimum Gasteiger partial charge on any atom is -0.497 e. The third kappa shape index (κ3) is 2.88. The average molecular weight is 310 g/mol. The number of hydrogen-bond donors (Lipinski definition) is 0. The van der Waals surface area contributed by atoms with Crippen LogP contribution in [0, 0.1) is 0 Å². The molecule has 0 bridgehead atoms. The molecule has 0 saturated carbocycles. The molecule has 0 spiro atoms. The van der Waals surface area contributed by atoms with E-state index in [4.69, 9.17) is 18.6 Å². The highest BCUT2D eigenvalue weighted by molar-refractivity contribution is 6.69. The molecular weight excluding hydrogens is 284 g/mol. The summed E-state index contributed by atoms with van der Waals surface area (Å²) in [5.41, 5.74) is 0.558. The van der Waals surface area contributed by atoms with Gasteiger partial charge >= 0.3 is 0 Å². The standard InChI is InChI=1S/C16H26O4Si/c1-15(2)16(18-4,20-21(5,6)7)14(19-15)12-8-10-13(17-3)11-9-12/h8-11,14H,1-7H3. The molecule has 2 unspecified atom stereocenters. The molecule has 2 rings (SSSR count). The highest BCUT2D eigenvalue weighted by Gasteiger charge is 2.66. The van der Waals surface area contributed by atoms with Gasteiger partial charge in [0.15, 0.2) is 8.32 Å². The summed E-state index contributed by atoms with van der Waals surface area (Å²) in [6.45, 7) is 10.5. The van der Waals surface area contributed by atoms with Crippen LogP contribution in [0.2, 0.25) is 19.6 Å². The van der Waals surface area contributed by atoms with Crippen LogP contribution in [0.15, 0.2) is 24.3 Å². The predicted octanol–water partition coefficient (Wildman–Crippen LogP) is 3.74. The summed E-state index contributed by atoms with van der Waals surface area (Å²) in [6, 6.07) is 7.86. The van der Waals surface area contributed by atoms with Gasteiger partial charge in [0.1, 0.15) is 17.5 Å². The van der Waals surface area contributed by atoms with Crippen LogP contribution in [0.25, 0.3) is 0 Å². The van der Waals surface area contributed by atoms with Crippen LogP contribution in [0.4, 0.5) is 0 Å².